The largest absolute Gasteiger partial charge is 0.695 e. The van der Waals surface area contributed by atoms with E-state index < -0.39 is 20.4 Å². The molecule has 3 aliphatic rings. The molecular weight excluding hydrogens is 477 g/mol. The lowest BCUT2D eigenvalue weighted by Crippen LogP contribution is -2.38. The van der Waals surface area contributed by atoms with E-state index in [-0.39, 0.29) is 48.6 Å². The van der Waals surface area contributed by atoms with Gasteiger partial charge in [-0.25, -0.2) is 0 Å². The minimum atomic E-state index is -2.74. The number of rotatable bonds is 12. The fourth-order valence-corrected chi connectivity index (χ4v) is 5.52. The molecule has 0 aromatic heterocycles. The van der Waals surface area contributed by atoms with Gasteiger partial charge in [0.15, 0.2) is 0 Å². The zero-order chi connectivity index (χ0) is 25.4. The summed E-state index contributed by atoms with van der Waals surface area (Å²) in [5.41, 5.74) is 0. The number of carbonyl (C=O) groups is 4. The minimum Gasteiger partial charge on any atom is -0.394 e. The van der Waals surface area contributed by atoms with E-state index in [1.807, 2.05) is 0 Å². The number of hydrogen-bond donors (Lipinski definition) is 3. The number of nitrogens with one attached hydrogen (secondary N) is 1. The van der Waals surface area contributed by atoms with Gasteiger partial charge in [0, 0.05) is 48.6 Å². The number of hydrogen-bond acceptors (Lipinski definition) is 7. The lowest BCUT2D eigenvalue weighted by atomic mass is 9.81. The average molecular weight is 513 g/mol. The van der Waals surface area contributed by atoms with Gasteiger partial charge >= 0.3 is 8.25 Å². The van der Waals surface area contributed by atoms with Gasteiger partial charge < -0.3 is 15.3 Å². The highest BCUT2D eigenvalue weighted by Crippen LogP contribution is 2.30. The molecule has 3 atom stereocenters. The molecule has 35 heavy (non-hydrogen) atoms. The molecule has 0 aromatic carbocycles. The summed E-state index contributed by atoms with van der Waals surface area (Å²) < 4.78 is 15.7. The number of likely N-dealkylation sites (tertiary alicyclic amines) is 1. The summed E-state index contributed by atoms with van der Waals surface area (Å²) in [6, 6.07) is -0.398. The molecule has 1 saturated carbocycles. The maximum atomic E-state index is 12.5. The third-order valence-electron chi connectivity index (χ3n) is 7.07. The van der Waals surface area contributed by atoms with Crippen LogP contribution in [0.3, 0.4) is 0 Å². The van der Waals surface area contributed by atoms with Gasteiger partial charge in [0.25, 0.3) is 11.8 Å². The maximum Gasteiger partial charge on any atom is 0.695 e. The molecular formula is C23H35N3O8P+. The molecule has 2 fully saturated rings. The maximum absolute atomic E-state index is 12.5. The van der Waals surface area contributed by atoms with Gasteiger partial charge in [0.05, 0.1) is 19.2 Å². The third kappa shape index (κ3) is 7.90. The summed E-state index contributed by atoms with van der Waals surface area (Å²) in [6.45, 7) is 0.945. The number of amides is 4. The van der Waals surface area contributed by atoms with Crippen LogP contribution in [-0.2, 0) is 28.3 Å². The van der Waals surface area contributed by atoms with Gasteiger partial charge in [-0.05, 0) is 44.4 Å². The molecule has 2 aliphatic heterocycles. The Morgan fingerprint density at radius 2 is 1.77 bits per heavy atom. The second-order valence-corrected chi connectivity index (χ2v) is 10.2. The highest BCUT2D eigenvalue weighted by Gasteiger charge is 2.39. The Morgan fingerprint density at radius 3 is 2.40 bits per heavy atom. The summed E-state index contributed by atoms with van der Waals surface area (Å²) in [6.07, 6.45) is 7.96. The van der Waals surface area contributed by atoms with Gasteiger partial charge in [-0.15, -0.1) is 9.42 Å². The van der Waals surface area contributed by atoms with E-state index in [1.54, 1.807) is 0 Å². The van der Waals surface area contributed by atoms with Crippen molar-refractivity contribution in [2.75, 3.05) is 26.2 Å². The fourth-order valence-electron chi connectivity index (χ4n) is 5.11. The summed E-state index contributed by atoms with van der Waals surface area (Å²) in [4.78, 5) is 60.0. The van der Waals surface area contributed by atoms with Crippen LogP contribution < -0.4 is 5.32 Å². The highest BCUT2D eigenvalue weighted by atomic mass is 31.1. The molecule has 1 aliphatic carbocycles. The van der Waals surface area contributed by atoms with Crippen LogP contribution in [0, 0.1) is 11.8 Å². The van der Waals surface area contributed by atoms with Crippen LogP contribution in [0.5, 0.6) is 0 Å². The Balaban J connectivity index is 1.25. The monoisotopic (exact) mass is 512 g/mol. The molecule has 194 valence electrons. The Bertz CT molecular complexity index is 825. The minimum absolute atomic E-state index is 0.0330. The van der Waals surface area contributed by atoms with Crippen molar-refractivity contribution in [1.82, 2.24) is 15.1 Å². The van der Waals surface area contributed by atoms with Crippen molar-refractivity contribution in [3.05, 3.63) is 12.2 Å². The Hall–Kier alpha value is -2.20. The number of aliphatic hydroxyl groups is 1. The quantitative estimate of drug-likeness (QED) is 0.199. The summed E-state index contributed by atoms with van der Waals surface area (Å²) in [5.74, 6) is -0.418. The van der Waals surface area contributed by atoms with Crippen molar-refractivity contribution in [1.29, 1.82) is 0 Å². The molecule has 3 N–H and O–H groups in total. The molecule has 11 nitrogen and oxygen atoms in total. The van der Waals surface area contributed by atoms with Crippen LogP contribution in [0.2, 0.25) is 0 Å². The van der Waals surface area contributed by atoms with E-state index in [4.69, 9.17) is 9.42 Å². The molecule has 1 saturated heterocycles. The molecule has 3 rings (SSSR count). The lowest BCUT2D eigenvalue weighted by Gasteiger charge is -2.30. The van der Waals surface area contributed by atoms with E-state index in [2.05, 4.69) is 5.32 Å². The van der Waals surface area contributed by atoms with Crippen LogP contribution in [0.1, 0.15) is 57.8 Å². The first-order valence-electron chi connectivity index (χ1n) is 12.3. The van der Waals surface area contributed by atoms with Crippen LogP contribution >= 0.6 is 8.25 Å². The Morgan fingerprint density at radius 1 is 1.09 bits per heavy atom. The zero-order valence-corrected chi connectivity index (χ0v) is 20.7. The van der Waals surface area contributed by atoms with E-state index >= 15 is 0 Å². The first kappa shape index (κ1) is 27.4. The van der Waals surface area contributed by atoms with Crippen molar-refractivity contribution < 1.29 is 38.3 Å². The molecule has 0 aromatic rings. The highest BCUT2D eigenvalue weighted by molar-refractivity contribution is 7.32. The fraction of sp³-hybridized carbons (Fsp3) is 0.739. The van der Waals surface area contributed by atoms with Gasteiger partial charge in [0.2, 0.25) is 11.8 Å². The number of nitrogens with zero attached hydrogens (tertiary/aromatic N) is 2. The second kappa shape index (κ2) is 13.2. The third-order valence-corrected chi connectivity index (χ3v) is 7.55. The summed E-state index contributed by atoms with van der Waals surface area (Å²) in [7, 11) is -2.74. The van der Waals surface area contributed by atoms with Crippen LogP contribution in [-0.4, -0.2) is 81.8 Å². The normalized spacial score (nSPS) is 27.0. The molecule has 0 spiro atoms. The van der Waals surface area contributed by atoms with E-state index in [0.717, 1.165) is 38.5 Å². The van der Waals surface area contributed by atoms with Crippen molar-refractivity contribution in [2.24, 2.45) is 11.8 Å². The number of aliphatic hydroxyl groups excluding tert-OH is 1. The van der Waals surface area contributed by atoms with Gasteiger partial charge in [0.1, 0.15) is 6.10 Å². The van der Waals surface area contributed by atoms with Gasteiger partial charge in [-0.1, -0.05) is 6.42 Å². The number of unbranched alkanes of at least 4 members (excludes halogenated alkanes) is 2. The first-order chi connectivity index (χ1) is 16.8. The Labute approximate surface area is 205 Å². The Kier molecular flexibility index (Phi) is 10.3. The van der Waals surface area contributed by atoms with E-state index in [0.29, 0.717) is 32.4 Å². The van der Waals surface area contributed by atoms with Crippen molar-refractivity contribution in [3.8, 4) is 0 Å². The predicted octanol–water partition coefficient (Wildman–Crippen LogP) is 1.02. The van der Waals surface area contributed by atoms with Crippen molar-refractivity contribution in [3.63, 3.8) is 0 Å². The van der Waals surface area contributed by atoms with Gasteiger partial charge in [-0.2, -0.15) is 0 Å². The van der Waals surface area contributed by atoms with Crippen LogP contribution in [0.15, 0.2) is 12.2 Å². The summed E-state index contributed by atoms with van der Waals surface area (Å²) >= 11 is 0. The van der Waals surface area contributed by atoms with Gasteiger partial charge in [-0.3, -0.25) is 24.1 Å². The molecule has 0 radical (unpaired) electrons. The van der Waals surface area contributed by atoms with Crippen LogP contribution in [0.4, 0.5) is 0 Å². The molecule has 4 amide bonds. The standard InChI is InChI=1S/C23H34N3O8P/c27-15-18-12-19(34-35(32)33)14-25(18)20(28)4-2-1-3-11-24-23(31)17-7-5-16(6-8-17)13-26-21(29)9-10-22(26)30/h9-10,16-19,27H,1-8,11-15H2,(H-,24,31,32,33)/p+1/t16?,17?,18-,19+/m0/s1. The predicted molar refractivity (Wildman–Crippen MR) is 125 cm³/mol. The van der Waals surface area contributed by atoms with E-state index in [1.165, 1.54) is 22.0 Å². The molecule has 0 bridgehead atoms. The summed E-state index contributed by atoms with van der Waals surface area (Å²) in [5, 5.41) is 12.5. The topological polar surface area (TPSA) is 154 Å². The van der Waals surface area contributed by atoms with Crippen molar-refractivity contribution in [2.45, 2.75) is 69.9 Å². The van der Waals surface area contributed by atoms with Crippen LogP contribution in [0.25, 0.3) is 0 Å². The second-order valence-electron chi connectivity index (χ2n) is 9.52. The number of carbonyl (C=O) groups excluding carboxylic acids is 4. The SMILES string of the molecule is O=C(NCCCCCC(=O)N1C[C@H](O[P+](=O)O)C[C@H]1CO)C1CCC(CN2C(=O)C=CC2=O)CC1. The average Bonchev–Trinajstić information content (AvgIpc) is 3.38. The molecule has 12 heteroatoms. The van der Waals surface area contributed by atoms with E-state index in [9.17, 15) is 28.8 Å². The first-order valence-corrected chi connectivity index (χ1v) is 13.5. The molecule has 1 unspecified atom stereocenters. The number of imide groups is 1. The van der Waals surface area contributed by atoms with Crippen molar-refractivity contribution >= 4 is 31.9 Å². The zero-order valence-electron chi connectivity index (χ0n) is 19.8. The lowest BCUT2D eigenvalue weighted by molar-refractivity contribution is -0.138. The molecule has 2 heterocycles. The smallest absolute Gasteiger partial charge is 0.394 e.